The van der Waals surface area contributed by atoms with Crippen LogP contribution in [0.3, 0.4) is 0 Å². The third-order valence-electron chi connectivity index (χ3n) is 2.15. The molecule has 2 heterocycles. The van der Waals surface area contributed by atoms with Crippen molar-refractivity contribution >= 4 is 11.3 Å². The van der Waals surface area contributed by atoms with Gasteiger partial charge in [0, 0.05) is 30.7 Å². The molecule has 1 saturated heterocycles. The Morgan fingerprint density at radius 2 is 2.31 bits per heavy atom. The molecule has 0 N–H and O–H groups in total. The highest BCUT2D eigenvalue weighted by molar-refractivity contribution is 7.11. The first-order chi connectivity index (χ1) is 6.34. The lowest BCUT2D eigenvalue weighted by molar-refractivity contribution is 0.0346. The summed E-state index contributed by atoms with van der Waals surface area (Å²) >= 11 is 1.79. The SMILES string of the molecule is Cc1ncc(CN2CCOCC2)s1. The van der Waals surface area contributed by atoms with Gasteiger partial charge >= 0.3 is 0 Å². The molecule has 4 heteroatoms. The van der Waals surface area contributed by atoms with Crippen LogP contribution in [0.25, 0.3) is 0 Å². The summed E-state index contributed by atoms with van der Waals surface area (Å²) in [5, 5.41) is 1.16. The average molecular weight is 198 g/mol. The zero-order valence-electron chi connectivity index (χ0n) is 7.82. The number of aryl methyl sites for hydroxylation is 1. The summed E-state index contributed by atoms with van der Waals surface area (Å²) in [7, 11) is 0. The molecule has 0 amide bonds. The minimum Gasteiger partial charge on any atom is -0.379 e. The van der Waals surface area contributed by atoms with Gasteiger partial charge < -0.3 is 4.74 Å². The molecule has 0 radical (unpaired) electrons. The van der Waals surface area contributed by atoms with E-state index in [1.165, 1.54) is 4.88 Å². The number of hydrogen-bond donors (Lipinski definition) is 0. The van der Waals surface area contributed by atoms with Crippen LogP contribution in [0.4, 0.5) is 0 Å². The second-order valence-electron chi connectivity index (χ2n) is 3.23. The van der Waals surface area contributed by atoms with Crippen molar-refractivity contribution in [3.63, 3.8) is 0 Å². The third kappa shape index (κ3) is 2.49. The normalized spacial score (nSPS) is 19.2. The Hall–Kier alpha value is -0.450. The minimum atomic E-state index is 0.873. The maximum Gasteiger partial charge on any atom is 0.0897 e. The molecule has 1 aliphatic rings. The fourth-order valence-electron chi connectivity index (χ4n) is 1.46. The second-order valence-corrected chi connectivity index (χ2v) is 4.55. The van der Waals surface area contributed by atoms with Crippen LogP contribution in [-0.2, 0) is 11.3 Å². The van der Waals surface area contributed by atoms with Crippen LogP contribution in [-0.4, -0.2) is 36.2 Å². The molecular formula is C9H14N2OS. The van der Waals surface area contributed by atoms with Gasteiger partial charge in [-0.3, -0.25) is 4.90 Å². The number of hydrogen-bond acceptors (Lipinski definition) is 4. The average Bonchev–Trinajstić information content (AvgIpc) is 2.53. The topological polar surface area (TPSA) is 25.4 Å². The number of rotatable bonds is 2. The van der Waals surface area contributed by atoms with Crippen molar-refractivity contribution in [2.24, 2.45) is 0 Å². The quantitative estimate of drug-likeness (QED) is 0.716. The number of aromatic nitrogens is 1. The molecule has 0 aliphatic carbocycles. The van der Waals surface area contributed by atoms with E-state index in [9.17, 15) is 0 Å². The van der Waals surface area contributed by atoms with Crippen LogP contribution in [0.1, 0.15) is 9.88 Å². The zero-order valence-corrected chi connectivity index (χ0v) is 8.64. The molecule has 13 heavy (non-hydrogen) atoms. The van der Waals surface area contributed by atoms with Gasteiger partial charge in [-0.15, -0.1) is 11.3 Å². The van der Waals surface area contributed by atoms with E-state index in [1.807, 2.05) is 13.1 Å². The standard InChI is InChI=1S/C9H14N2OS/c1-8-10-6-9(13-8)7-11-2-4-12-5-3-11/h6H,2-5,7H2,1H3. The molecule has 1 aromatic rings. The number of thiazole rings is 1. The van der Waals surface area contributed by atoms with Crippen molar-refractivity contribution in [3.05, 3.63) is 16.1 Å². The zero-order chi connectivity index (χ0) is 9.10. The van der Waals surface area contributed by atoms with E-state index in [4.69, 9.17) is 4.74 Å². The molecule has 0 spiro atoms. The molecule has 0 saturated carbocycles. The lowest BCUT2D eigenvalue weighted by Crippen LogP contribution is -2.35. The molecule has 0 atom stereocenters. The first-order valence-corrected chi connectivity index (χ1v) is 5.37. The predicted molar refractivity (Wildman–Crippen MR) is 52.9 cm³/mol. The maximum atomic E-state index is 5.29. The summed E-state index contributed by atoms with van der Waals surface area (Å²) in [6.07, 6.45) is 1.98. The smallest absolute Gasteiger partial charge is 0.0897 e. The molecule has 3 nitrogen and oxygen atoms in total. The highest BCUT2D eigenvalue weighted by atomic mass is 32.1. The van der Waals surface area contributed by atoms with E-state index in [2.05, 4.69) is 9.88 Å². The van der Waals surface area contributed by atoms with Crippen LogP contribution in [0.2, 0.25) is 0 Å². The van der Waals surface area contributed by atoms with Crippen molar-refractivity contribution in [1.29, 1.82) is 0 Å². The Labute approximate surface area is 82.3 Å². The van der Waals surface area contributed by atoms with E-state index in [-0.39, 0.29) is 0 Å². The van der Waals surface area contributed by atoms with Crippen LogP contribution < -0.4 is 0 Å². The Morgan fingerprint density at radius 1 is 1.54 bits per heavy atom. The van der Waals surface area contributed by atoms with E-state index in [0.717, 1.165) is 37.9 Å². The minimum absolute atomic E-state index is 0.873. The van der Waals surface area contributed by atoms with Gasteiger partial charge in [-0.1, -0.05) is 0 Å². The molecule has 0 unspecified atom stereocenters. The lowest BCUT2D eigenvalue weighted by atomic mass is 10.4. The highest BCUT2D eigenvalue weighted by Crippen LogP contribution is 2.14. The van der Waals surface area contributed by atoms with Gasteiger partial charge in [0.05, 0.1) is 18.2 Å². The lowest BCUT2D eigenvalue weighted by Gasteiger charge is -2.25. The first kappa shape index (κ1) is 9.12. The van der Waals surface area contributed by atoms with Crippen LogP contribution in [0, 0.1) is 6.92 Å². The molecule has 0 bridgehead atoms. The van der Waals surface area contributed by atoms with Gasteiger partial charge in [0.25, 0.3) is 0 Å². The summed E-state index contributed by atoms with van der Waals surface area (Å²) in [4.78, 5) is 8.02. The van der Waals surface area contributed by atoms with Gasteiger partial charge in [0.2, 0.25) is 0 Å². The number of nitrogens with zero attached hydrogens (tertiary/aromatic N) is 2. The Morgan fingerprint density at radius 3 is 2.92 bits per heavy atom. The van der Waals surface area contributed by atoms with Crippen molar-refractivity contribution < 1.29 is 4.74 Å². The molecule has 1 aromatic heterocycles. The summed E-state index contributed by atoms with van der Waals surface area (Å²) in [5.41, 5.74) is 0. The van der Waals surface area contributed by atoms with Crippen molar-refractivity contribution in [3.8, 4) is 0 Å². The van der Waals surface area contributed by atoms with Crippen LogP contribution >= 0.6 is 11.3 Å². The monoisotopic (exact) mass is 198 g/mol. The molecule has 1 fully saturated rings. The van der Waals surface area contributed by atoms with E-state index >= 15 is 0 Å². The van der Waals surface area contributed by atoms with E-state index in [1.54, 1.807) is 11.3 Å². The van der Waals surface area contributed by atoms with Crippen LogP contribution in [0.5, 0.6) is 0 Å². The van der Waals surface area contributed by atoms with Gasteiger partial charge in [0.15, 0.2) is 0 Å². The van der Waals surface area contributed by atoms with Crippen molar-refractivity contribution in [2.75, 3.05) is 26.3 Å². The number of morpholine rings is 1. The first-order valence-electron chi connectivity index (χ1n) is 4.56. The van der Waals surface area contributed by atoms with Crippen LogP contribution in [0.15, 0.2) is 6.20 Å². The second kappa shape index (κ2) is 4.17. The predicted octanol–water partition coefficient (Wildman–Crippen LogP) is 1.28. The van der Waals surface area contributed by atoms with Gasteiger partial charge in [-0.2, -0.15) is 0 Å². The summed E-state index contributed by atoms with van der Waals surface area (Å²) in [6.45, 7) is 6.94. The highest BCUT2D eigenvalue weighted by Gasteiger charge is 2.11. The maximum absolute atomic E-state index is 5.29. The third-order valence-corrected chi connectivity index (χ3v) is 3.05. The fraction of sp³-hybridized carbons (Fsp3) is 0.667. The summed E-state index contributed by atoms with van der Waals surface area (Å²) in [5.74, 6) is 0. The van der Waals surface area contributed by atoms with Gasteiger partial charge in [0.1, 0.15) is 0 Å². The van der Waals surface area contributed by atoms with Gasteiger partial charge in [-0.25, -0.2) is 4.98 Å². The van der Waals surface area contributed by atoms with Crippen molar-refractivity contribution in [1.82, 2.24) is 9.88 Å². The number of ether oxygens (including phenoxy) is 1. The Kier molecular flexibility index (Phi) is 2.93. The summed E-state index contributed by atoms with van der Waals surface area (Å²) < 4.78 is 5.29. The molecule has 1 aliphatic heterocycles. The van der Waals surface area contributed by atoms with E-state index in [0.29, 0.717) is 0 Å². The fourth-order valence-corrected chi connectivity index (χ4v) is 2.30. The van der Waals surface area contributed by atoms with Crippen molar-refractivity contribution in [2.45, 2.75) is 13.5 Å². The Bertz CT molecular complexity index is 268. The molecule has 0 aromatic carbocycles. The van der Waals surface area contributed by atoms with E-state index < -0.39 is 0 Å². The molecule has 2 rings (SSSR count). The Balaban J connectivity index is 1.89. The molecule has 72 valence electrons. The molecular weight excluding hydrogens is 184 g/mol. The largest absolute Gasteiger partial charge is 0.379 e. The van der Waals surface area contributed by atoms with Gasteiger partial charge in [-0.05, 0) is 6.92 Å². The summed E-state index contributed by atoms with van der Waals surface area (Å²) in [6, 6.07) is 0.